The van der Waals surface area contributed by atoms with Crippen molar-refractivity contribution in [2.45, 2.75) is 17.8 Å². The molecule has 0 aliphatic rings. The Hall–Kier alpha value is -0.831. The molecule has 1 unspecified atom stereocenters. The zero-order valence-corrected chi connectivity index (χ0v) is 10.3. The SMILES string of the molecule is COC(=O)C(O)CC[Se]c1ccccc1. The van der Waals surface area contributed by atoms with E-state index in [0.29, 0.717) is 21.4 Å². The summed E-state index contributed by atoms with van der Waals surface area (Å²) >= 11 is 0.316. The average Bonchev–Trinajstić information content (AvgIpc) is 2.29. The second kappa shape index (κ2) is 6.62. The van der Waals surface area contributed by atoms with E-state index in [1.807, 2.05) is 18.2 Å². The predicted molar refractivity (Wildman–Crippen MR) is 59.3 cm³/mol. The minimum absolute atomic E-state index is 0.316. The predicted octanol–water partition coefficient (Wildman–Crippen LogP) is 0.358. The van der Waals surface area contributed by atoms with E-state index >= 15 is 0 Å². The first-order chi connectivity index (χ1) is 7.24. The quantitative estimate of drug-likeness (QED) is 0.622. The van der Waals surface area contributed by atoms with Gasteiger partial charge in [-0.15, -0.1) is 0 Å². The fraction of sp³-hybridized carbons (Fsp3) is 0.364. The zero-order valence-electron chi connectivity index (χ0n) is 8.55. The van der Waals surface area contributed by atoms with E-state index < -0.39 is 12.1 Å². The Balaban J connectivity index is 2.25. The van der Waals surface area contributed by atoms with Crippen LogP contribution in [0.3, 0.4) is 0 Å². The van der Waals surface area contributed by atoms with Crippen LogP contribution < -0.4 is 4.46 Å². The molecule has 0 aliphatic carbocycles. The van der Waals surface area contributed by atoms with E-state index in [0.717, 1.165) is 5.32 Å². The van der Waals surface area contributed by atoms with Gasteiger partial charge in [-0.25, -0.2) is 0 Å². The Morgan fingerprint density at radius 3 is 2.73 bits per heavy atom. The molecule has 0 spiro atoms. The second-order valence-corrected chi connectivity index (χ2v) is 5.44. The third-order valence-corrected chi connectivity index (χ3v) is 4.07. The molecule has 4 heteroatoms. The molecule has 1 atom stereocenters. The van der Waals surface area contributed by atoms with Crippen LogP contribution in [0.15, 0.2) is 30.3 Å². The molecular weight excluding hydrogens is 259 g/mol. The van der Waals surface area contributed by atoms with Crippen LogP contribution >= 0.6 is 0 Å². The maximum absolute atomic E-state index is 10.9. The molecule has 82 valence electrons. The fourth-order valence-corrected chi connectivity index (χ4v) is 3.00. The van der Waals surface area contributed by atoms with Crippen LogP contribution in [0.25, 0.3) is 0 Å². The molecule has 3 nitrogen and oxygen atoms in total. The van der Waals surface area contributed by atoms with Crippen molar-refractivity contribution in [2.24, 2.45) is 0 Å². The first-order valence-electron chi connectivity index (χ1n) is 4.68. The van der Waals surface area contributed by atoms with Crippen LogP contribution in [0.4, 0.5) is 0 Å². The van der Waals surface area contributed by atoms with Gasteiger partial charge in [0.2, 0.25) is 0 Å². The number of carbonyl (C=O) groups excluding carboxylic acids is 1. The number of methoxy groups -OCH3 is 1. The summed E-state index contributed by atoms with van der Waals surface area (Å²) in [7, 11) is 1.29. The van der Waals surface area contributed by atoms with Gasteiger partial charge in [0.25, 0.3) is 0 Å². The first-order valence-corrected chi connectivity index (χ1v) is 6.74. The van der Waals surface area contributed by atoms with Crippen molar-refractivity contribution in [3.05, 3.63) is 30.3 Å². The van der Waals surface area contributed by atoms with E-state index in [1.54, 1.807) is 0 Å². The van der Waals surface area contributed by atoms with Crippen LogP contribution in [0, 0.1) is 0 Å². The molecule has 15 heavy (non-hydrogen) atoms. The maximum atomic E-state index is 10.9. The molecule has 1 aromatic carbocycles. The molecule has 0 bridgehead atoms. The Morgan fingerprint density at radius 2 is 2.13 bits per heavy atom. The fourth-order valence-electron chi connectivity index (χ4n) is 1.06. The first kappa shape index (κ1) is 12.2. The van der Waals surface area contributed by atoms with Gasteiger partial charge in [-0.1, -0.05) is 0 Å². The molecule has 0 amide bonds. The summed E-state index contributed by atoms with van der Waals surface area (Å²) in [5.41, 5.74) is 0. The van der Waals surface area contributed by atoms with Gasteiger partial charge >= 0.3 is 95.3 Å². The monoisotopic (exact) mass is 274 g/mol. The van der Waals surface area contributed by atoms with Crippen molar-refractivity contribution >= 4 is 25.4 Å². The van der Waals surface area contributed by atoms with E-state index in [-0.39, 0.29) is 0 Å². The number of hydrogen-bond donors (Lipinski definition) is 1. The Bertz CT molecular complexity index is 300. The van der Waals surface area contributed by atoms with Crippen molar-refractivity contribution in [3.63, 3.8) is 0 Å². The van der Waals surface area contributed by atoms with E-state index in [9.17, 15) is 9.90 Å². The van der Waals surface area contributed by atoms with Crippen molar-refractivity contribution < 1.29 is 14.6 Å². The molecule has 0 fully saturated rings. The molecule has 0 saturated heterocycles. The van der Waals surface area contributed by atoms with Gasteiger partial charge in [0.1, 0.15) is 0 Å². The minimum atomic E-state index is -0.972. The van der Waals surface area contributed by atoms with Crippen molar-refractivity contribution in [1.29, 1.82) is 0 Å². The molecule has 0 saturated carbocycles. The molecule has 1 aromatic rings. The summed E-state index contributed by atoms with van der Waals surface area (Å²) in [6.07, 6.45) is -0.498. The summed E-state index contributed by atoms with van der Waals surface area (Å²) in [6.45, 7) is 0. The standard InChI is InChI=1S/C11H14O3Se/c1-14-11(13)10(12)7-8-15-9-5-3-2-4-6-9/h2-6,10,12H,7-8H2,1H3. The van der Waals surface area contributed by atoms with Gasteiger partial charge in [-0.3, -0.25) is 0 Å². The summed E-state index contributed by atoms with van der Waals surface area (Å²) in [5, 5.41) is 10.2. The molecule has 1 rings (SSSR count). The third-order valence-electron chi connectivity index (χ3n) is 1.88. The van der Waals surface area contributed by atoms with E-state index in [2.05, 4.69) is 16.9 Å². The van der Waals surface area contributed by atoms with Gasteiger partial charge in [0, 0.05) is 0 Å². The Labute approximate surface area is 95.6 Å². The van der Waals surface area contributed by atoms with Gasteiger partial charge in [0.05, 0.1) is 0 Å². The summed E-state index contributed by atoms with van der Waals surface area (Å²) in [5.74, 6) is -0.543. The molecule has 0 aliphatic heterocycles. The number of aliphatic hydroxyl groups excluding tert-OH is 1. The topological polar surface area (TPSA) is 46.5 Å². The molecule has 0 aromatic heterocycles. The van der Waals surface area contributed by atoms with Crippen LogP contribution in [0.1, 0.15) is 6.42 Å². The number of rotatable bonds is 5. The van der Waals surface area contributed by atoms with Crippen LogP contribution in [-0.2, 0) is 9.53 Å². The van der Waals surface area contributed by atoms with Crippen molar-refractivity contribution in [1.82, 2.24) is 0 Å². The van der Waals surface area contributed by atoms with Crippen LogP contribution in [-0.4, -0.2) is 39.2 Å². The summed E-state index contributed by atoms with van der Waals surface area (Å²) < 4.78 is 5.71. The van der Waals surface area contributed by atoms with Gasteiger partial charge in [-0.05, 0) is 0 Å². The zero-order chi connectivity index (χ0) is 11.1. The van der Waals surface area contributed by atoms with Gasteiger partial charge in [-0.2, -0.15) is 0 Å². The second-order valence-electron chi connectivity index (χ2n) is 2.99. The third kappa shape index (κ3) is 4.47. The van der Waals surface area contributed by atoms with Gasteiger partial charge in [0.15, 0.2) is 0 Å². The molecular formula is C11H14O3Se. The van der Waals surface area contributed by atoms with E-state index in [1.165, 1.54) is 11.6 Å². The summed E-state index contributed by atoms with van der Waals surface area (Å²) in [6, 6.07) is 10.1. The number of esters is 1. The Kier molecular flexibility index (Phi) is 5.40. The average molecular weight is 273 g/mol. The molecule has 1 N–H and O–H groups in total. The van der Waals surface area contributed by atoms with Crippen molar-refractivity contribution in [2.75, 3.05) is 7.11 Å². The van der Waals surface area contributed by atoms with Crippen LogP contribution in [0.5, 0.6) is 0 Å². The van der Waals surface area contributed by atoms with Crippen LogP contribution in [0.2, 0.25) is 5.32 Å². The number of aliphatic hydroxyl groups is 1. The van der Waals surface area contributed by atoms with Crippen molar-refractivity contribution in [3.8, 4) is 0 Å². The summed E-state index contributed by atoms with van der Waals surface area (Å²) in [4.78, 5) is 10.9. The normalized spacial score (nSPS) is 12.1. The number of benzene rings is 1. The Morgan fingerprint density at radius 1 is 1.47 bits per heavy atom. The molecule has 0 heterocycles. The van der Waals surface area contributed by atoms with Gasteiger partial charge < -0.3 is 0 Å². The number of ether oxygens (including phenoxy) is 1. The van der Waals surface area contributed by atoms with E-state index in [4.69, 9.17) is 0 Å². The number of carbonyl (C=O) groups is 1. The molecule has 0 radical (unpaired) electrons. The number of hydrogen-bond acceptors (Lipinski definition) is 3.